The Morgan fingerprint density at radius 1 is 1.33 bits per heavy atom. The maximum absolute atomic E-state index is 12.4. The van der Waals surface area contributed by atoms with E-state index in [2.05, 4.69) is 20.9 Å². The van der Waals surface area contributed by atoms with Gasteiger partial charge in [-0.25, -0.2) is 8.42 Å². The molecule has 0 saturated carbocycles. The van der Waals surface area contributed by atoms with Crippen molar-refractivity contribution in [2.75, 3.05) is 11.4 Å². The molecule has 0 aliphatic heterocycles. The number of aryl methyl sites for hydroxylation is 1. The Hall–Kier alpha value is -0.920. The molecule has 0 saturated heterocycles. The van der Waals surface area contributed by atoms with Gasteiger partial charge in [0.2, 0.25) is 0 Å². The van der Waals surface area contributed by atoms with E-state index >= 15 is 0 Å². The molecular weight excluding hydrogens is 336 g/mol. The molecule has 96 valence electrons. The second-order valence-electron chi connectivity index (χ2n) is 3.70. The SMILES string of the molecule is Cc1cc(S(=O)(=O)N(C)c2ccncc2)sc1Br. The Kier molecular flexibility index (Phi) is 3.74. The average molecular weight is 347 g/mol. The summed E-state index contributed by atoms with van der Waals surface area (Å²) in [5, 5.41) is 0. The van der Waals surface area contributed by atoms with Gasteiger partial charge in [0.25, 0.3) is 10.0 Å². The lowest BCUT2D eigenvalue weighted by molar-refractivity contribution is 0.596. The molecule has 2 heterocycles. The Labute approximate surface area is 118 Å². The van der Waals surface area contributed by atoms with E-state index in [1.54, 1.807) is 30.6 Å². The highest BCUT2D eigenvalue weighted by atomic mass is 79.9. The molecule has 0 spiro atoms. The zero-order valence-corrected chi connectivity index (χ0v) is 13.0. The Morgan fingerprint density at radius 2 is 1.94 bits per heavy atom. The zero-order valence-electron chi connectivity index (χ0n) is 9.79. The predicted octanol–water partition coefficient (Wildman–Crippen LogP) is 3.04. The topological polar surface area (TPSA) is 50.3 Å². The molecule has 2 aromatic heterocycles. The lowest BCUT2D eigenvalue weighted by Gasteiger charge is -2.17. The summed E-state index contributed by atoms with van der Waals surface area (Å²) in [7, 11) is -1.96. The highest BCUT2D eigenvalue weighted by Gasteiger charge is 2.24. The van der Waals surface area contributed by atoms with Crippen LogP contribution in [0.1, 0.15) is 5.56 Å². The van der Waals surface area contributed by atoms with E-state index < -0.39 is 10.0 Å². The van der Waals surface area contributed by atoms with Gasteiger partial charge in [-0.05, 0) is 46.6 Å². The second kappa shape index (κ2) is 4.99. The molecule has 0 atom stereocenters. The van der Waals surface area contributed by atoms with Crippen LogP contribution in [0.25, 0.3) is 0 Å². The molecule has 2 rings (SSSR count). The van der Waals surface area contributed by atoms with Gasteiger partial charge in [-0.3, -0.25) is 9.29 Å². The number of hydrogen-bond donors (Lipinski definition) is 0. The van der Waals surface area contributed by atoms with Gasteiger partial charge in [0.05, 0.1) is 9.47 Å². The van der Waals surface area contributed by atoms with Gasteiger partial charge in [0, 0.05) is 19.4 Å². The molecule has 0 amide bonds. The Morgan fingerprint density at radius 3 is 2.44 bits per heavy atom. The van der Waals surface area contributed by atoms with Crippen molar-refractivity contribution in [2.45, 2.75) is 11.1 Å². The van der Waals surface area contributed by atoms with Crippen LogP contribution in [0.3, 0.4) is 0 Å². The summed E-state index contributed by atoms with van der Waals surface area (Å²) in [4.78, 5) is 3.87. The number of aromatic nitrogens is 1. The lowest BCUT2D eigenvalue weighted by Crippen LogP contribution is -2.25. The van der Waals surface area contributed by atoms with Crippen LogP contribution in [-0.2, 0) is 10.0 Å². The van der Waals surface area contributed by atoms with Crippen molar-refractivity contribution in [2.24, 2.45) is 0 Å². The van der Waals surface area contributed by atoms with Gasteiger partial charge < -0.3 is 0 Å². The molecule has 0 bridgehead atoms. The van der Waals surface area contributed by atoms with E-state index in [0.29, 0.717) is 9.90 Å². The van der Waals surface area contributed by atoms with Crippen molar-refractivity contribution < 1.29 is 8.42 Å². The first kappa shape index (κ1) is 13.5. The van der Waals surface area contributed by atoms with E-state index in [1.165, 1.54) is 22.7 Å². The first-order valence-corrected chi connectivity index (χ1v) is 8.13. The molecule has 2 aromatic rings. The van der Waals surface area contributed by atoms with E-state index in [4.69, 9.17) is 0 Å². The molecule has 0 radical (unpaired) electrons. The third kappa shape index (κ3) is 2.43. The molecule has 7 heteroatoms. The van der Waals surface area contributed by atoms with Crippen molar-refractivity contribution in [1.82, 2.24) is 4.98 Å². The van der Waals surface area contributed by atoms with Gasteiger partial charge in [0.15, 0.2) is 0 Å². The van der Waals surface area contributed by atoms with Gasteiger partial charge >= 0.3 is 0 Å². The van der Waals surface area contributed by atoms with E-state index in [9.17, 15) is 8.42 Å². The number of pyridine rings is 1. The highest BCUT2D eigenvalue weighted by molar-refractivity contribution is 9.11. The summed E-state index contributed by atoms with van der Waals surface area (Å²) in [6.07, 6.45) is 3.13. The van der Waals surface area contributed by atoms with E-state index in [-0.39, 0.29) is 0 Å². The third-order valence-electron chi connectivity index (χ3n) is 2.48. The minimum absolute atomic E-state index is 0.325. The van der Waals surface area contributed by atoms with Crippen molar-refractivity contribution in [3.05, 3.63) is 39.9 Å². The summed E-state index contributed by atoms with van der Waals surface area (Å²) in [5.41, 5.74) is 1.51. The van der Waals surface area contributed by atoms with E-state index in [1.807, 2.05) is 6.92 Å². The minimum Gasteiger partial charge on any atom is -0.269 e. The van der Waals surface area contributed by atoms with Crippen molar-refractivity contribution in [1.29, 1.82) is 0 Å². The molecule has 0 aliphatic carbocycles. The smallest absolute Gasteiger partial charge is 0.269 e. The van der Waals surface area contributed by atoms with Gasteiger partial charge in [0.1, 0.15) is 4.21 Å². The molecule has 18 heavy (non-hydrogen) atoms. The normalized spacial score (nSPS) is 11.5. The lowest BCUT2D eigenvalue weighted by atomic mass is 10.4. The Balaban J connectivity index is 2.43. The molecule has 0 fully saturated rings. The monoisotopic (exact) mass is 346 g/mol. The number of anilines is 1. The molecule has 0 unspecified atom stereocenters. The first-order valence-electron chi connectivity index (χ1n) is 5.08. The maximum atomic E-state index is 12.4. The number of hydrogen-bond acceptors (Lipinski definition) is 4. The molecule has 0 aliphatic rings. The standard InChI is InChI=1S/C11H11BrN2O2S2/c1-8-7-10(17-11(8)12)18(15,16)14(2)9-3-5-13-6-4-9/h3-7H,1-2H3. The quantitative estimate of drug-likeness (QED) is 0.858. The first-order chi connectivity index (χ1) is 8.43. The van der Waals surface area contributed by atoms with Gasteiger partial charge in [-0.15, -0.1) is 11.3 Å². The van der Waals surface area contributed by atoms with Crippen LogP contribution in [0.2, 0.25) is 0 Å². The van der Waals surface area contributed by atoms with Crippen LogP contribution < -0.4 is 4.31 Å². The van der Waals surface area contributed by atoms with Crippen LogP contribution in [0, 0.1) is 6.92 Å². The number of thiophene rings is 1. The van der Waals surface area contributed by atoms with Gasteiger partial charge in [-0.1, -0.05) is 0 Å². The third-order valence-corrected chi connectivity index (χ3v) is 6.85. The molecule has 0 N–H and O–H groups in total. The zero-order chi connectivity index (χ0) is 13.3. The summed E-state index contributed by atoms with van der Waals surface area (Å²) in [6.45, 7) is 1.87. The van der Waals surface area contributed by atoms with Crippen LogP contribution in [-0.4, -0.2) is 20.4 Å². The predicted molar refractivity (Wildman–Crippen MR) is 76.6 cm³/mol. The number of rotatable bonds is 3. The average Bonchev–Trinajstić information content (AvgIpc) is 2.70. The number of nitrogens with zero attached hydrogens (tertiary/aromatic N) is 2. The maximum Gasteiger partial charge on any atom is 0.273 e. The highest BCUT2D eigenvalue weighted by Crippen LogP contribution is 2.33. The van der Waals surface area contributed by atoms with Crippen molar-refractivity contribution >= 4 is 43.0 Å². The van der Waals surface area contributed by atoms with Crippen molar-refractivity contribution in [3.8, 4) is 0 Å². The van der Waals surface area contributed by atoms with Crippen LogP contribution in [0.5, 0.6) is 0 Å². The fraction of sp³-hybridized carbons (Fsp3) is 0.182. The summed E-state index contributed by atoms with van der Waals surface area (Å²) in [5.74, 6) is 0. The fourth-order valence-corrected chi connectivity index (χ4v) is 4.98. The molecule has 0 aromatic carbocycles. The molecule has 4 nitrogen and oxygen atoms in total. The molecular formula is C11H11BrN2O2S2. The minimum atomic E-state index is -3.50. The second-order valence-corrected chi connectivity index (χ2v) is 8.27. The van der Waals surface area contributed by atoms with E-state index in [0.717, 1.165) is 9.35 Å². The van der Waals surface area contributed by atoms with Crippen LogP contribution in [0.4, 0.5) is 5.69 Å². The fourth-order valence-electron chi connectivity index (χ4n) is 1.39. The summed E-state index contributed by atoms with van der Waals surface area (Å²) >= 11 is 4.56. The van der Waals surface area contributed by atoms with Crippen LogP contribution in [0.15, 0.2) is 38.6 Å². The Bertz CT molecular complexity index is 633. The van der Waals surface area contributed by atoms with Crippen LogP contribution >= 0.6 is 27.3 Å². The largest absolute Gasteiger partial charge is 0.273 e. The number of halogens is 1. The van der Waals surface area contributed by atoms with Gasteiger partial charge in [-0.2, -0.15) is 0 Å². The van der Waals surface area contributed by atoms with Crippen molar-refractivity contribution in [3.63, 3.8) is 0 Å². The summed E-state index contributed by atoms with van der Waals surface area (Å²) < 4.78 is 27.2. The summed E-state index contributed by atoms with van der Waals surface area (Å²) in [6, 6.07) is 4.99. The number of sulfonamides is 1.